The van der Waals surface area contributed by atoms with Crippen LogP contribution in [0, 0.1) is 13.8 Å². The molecular formula is C24H21N3O4S. The number of thiocarbonyl (C=S) groups is 1. The quantitative estimate of drug-likeness (QED) is 0.301. The monoisotopic (exact) mass is 447 g/mol. The molecule has 8 heteroatoms. The van der Waals surface area contributed by atoms with Gasteiger partial charge in [0.1, 0.15) is 17.0 Å². The lowest BCUT2D eigenvalue weighted by atomic mass is 10.1. The van der Waals surface area contributed by atoms with Gasteiger partial charge in [-0.05, 0) is 85.7 Å². The Hall–Kier alpha value is -3.91. The number of nitrogens with zero attached hydrogens (tertiary/aromatic N) is 1. The SMILES string of the molecule is COc1ccc(C(=O)NC(=S)Nc2ccc(O)c(-c3nc4cc(C)cc(C)c4o3)c2)cc1. The molecule has 7 nitrogen and oxygen atoms in total. The van der Waals surface area contributed by atoms with E-state index in [1.165, 1.54) is 6.07 Å². The van der Waals surface area contributed by atoms with Gasteiger partial charge < -0.3 is 19.6 Å². The number of hydrogen-bond donors (Lipinski definition) is 3. The molecule has 0 fully saturated rings. The van der Waals surface area contributed by atoms with E-state index >= 15 is 0 Å². The zero-order chi connectivity index (χ0) is 22.8. The molecule has 0 aliphatic rings. The van der Waals surface area contributed by atoms with Crippen molar-refractivity contribution in [3.8, 4) is 23.0 Å². The minimum absolute atomic E-state index is 0.0182. The molecule has 0 spiro atoms. The molecule has 1 amide bonds. The molecule has 0 unspecified atom stereocenters. The highest BCUT2D eigenvalue weighted by molar-refractivity contribution is 7.80. The second-order valence-corrected chi connectivity index (χ2v) is 7.73. The highest BCUT2D eigenvalue weighted by atomic mass is 32.1. The van der Waals surface area contributed by atoms with Gasteiger partial charge in [-0.15, -0.1) is 0 Å². The lowest BCUT2D eigenvalue weighted by Gasteiger charge is -2.11. The minimum Gasteiger partial charge on any atom is -0.507 e. The Morgan fingerprint density at radius 2 is 1.84 bits per heavy atom. The van der Waals surface area contributed by atoms with Crippen molar-refractivity contribution in [3.63, 3.8) is 0 Å². The molecule has 3 N–H and O–H groups in total. The summed E-state index contributed by atoms with van der Waals surface area (Å²) in [6.45, 7) is 3.94. The maximum absolute atomic E-state index is 12.4. The predicted molar refractivity (Wildman–Crippen MR) is 127 cm³/mol. The molecule has 3 aromatic carbocycles. The van der Waals surface area contributed by atoms with Crippen LogP contribution < -0.4 is 15.4 Å². The number of amides is 1. The van der Waals surface area contributed by atoms with E-state index in [1.807, 2.05) is 26.0 Å². The number of carbonyl (C=O) groups is 1. The third-order valence-corrected chi connectivity index (χ3v) is 5.09. The van der Waals surface area contributed by atoms with E-state index in [9.17, 15) is 9.90 Å². The van der Waals surface area contributed by atoms with Crippen molar-refractivity contribution >= 4 is 40.0 Å². The van der Waals surface area contributed by atoms with Crippen molar-refractivity contribution in [2.24, 2.45) is 0 Å². The summed E-state index contributed by atoms with van der Waals surface area (Å²) in [6, 6.07) is 15.4. The smallest absolute Gasteiger partial charge is 0.257 e. The Labute approximate surface area is 190 Å². The first kappa shape index (κ1) is 21.3. The van der Waals surface area contributed by atoms with Crippen LogP contribution in [-0.2, 0) is 0 Å². The first-order valence-corrected chi connectivity index (χ1v) is 10.2. The first-order valence-electron chi connectivity index (χ1n) is 9.81. The van der Waals surface area contributed by atoms with Crippen LogP contribution >= 0.6 is 12.2 Å². The van der Waals surface area contributed by atoms with Crippen molar-refractivity contribution in [1.29, 1.82) is 0 Å². The zero-order valence-electron chi connectivity index (χ0n) is 17.7. The second-order valence-electron chi connectivity index (χ2n) is 7.32. The Morgan fingerprint density at radius 1 is 1.09 bits per heavy atom. The van der Waals surface area contributed by atoms with Gasteiger partial charge in [-0.25, -0.2) is 4.98 Å². The number of fused-ring (bicyclic) bond motifs is 1. The number of nitrogens with one attached hydrogen (secondary N) is 2. The molecule has 0 atom stereocenters. The molecule has 162 valence electrons. The van der Waals surface area contributed by atoms with E-state index in [0.717, 1.165) is 16.6 Å². The van der Waals surface area contributed by atoms with Gasteiger partial charge in [-0.1, -0.05) is 6.07 Å². The zero-order valence-corrected chi connectivity index (χ0v) is 18.5. The fraction of sp³-hybridized carbons (Fsp3) is 0.125. The maximum Gasteiger partial charge on any atom is 0.257 e. The van der Waals surface area contributed by atoms with Crippen LogP contribution in [0.4, 0.5) is 5.69 Å². The number of hydrogen-bond acceptors (Lipinski definition) is 6. The molecule has 4 rings (SSSR count). The number of anilines is 1. The number of carbonyl (C=O) groups excluding carboxylic acids is 1. The van der Waals surface area contributed by atoms with Crippen LogP contribution in [0.5, 0.6) is 11.5 Å². The van der Waals surface area contributed by atoms with Gasteiger partial charge in [-0.3, -0.25) is 10.1 Å². The van der Waals surface area contributed by atoms with Crippen LogP contribution in [0.1, 0.15) is 21.5 Å². The fourth-order valence-electron chi connectivity index (χ4n) is 3.36. The number of phenols is 1. The molecule has 0 bridgehead atoms. The molecular weight excluding hydrogens is 426 g/mol. The van der Waals surface area contributed by atoms with E-state index < -0.39 is 0 Å². The number of ether oxygens (including phenoxy) is 1. The van der Waals surface area contributed by atoms with Crippen molar-refractivity contribution in [2.45, 2.75) is 13.8 Å². The summed E-state index contributed by atoms with van der Waals surface area (Å²) in [6.07, 6.45) is 0. The van der Waals surface area contributed by atoms with E-state index in [2.05, 4.69) is 15.6 Å². The number of rotatable bonds is 4. The summed E-state index contributed by atoms with van der Waals surface area (Å²) < 4.78 is 11.0. The summed E-state index contributed by atoms with van der Waals surface area (Å²) in [5.74, 6) is 0.616. The molecule has 0 aliphatic heterocycles. The summed E-state index contributed by atoms with van der Waals surface area (Å²) in [4.78, 5) is 16.9. The van der Waals surface area contributed by atoms with Crippen LogP contribution in [-0.4, -0.2) is 28.2 Å². The average Bonchev–Trinajstić information content (AvgIpc) is 3.19. The molecule has 1 aromatic heterocycles. The van der Waals surface area contributed by atoms with E-state index in [4.69, 9.17) is 21.4 Å². The molecule has 0 radical (unpaired) electrons. The van der Waals surface area contributed by atoms with Crippen LogP contribution in [0.3, 0.4) is 0 Å². The van der Waals surface area contributed by atoms with Gasteiger partial charge in [0.2, 0.25) is 5.89 Å². The maximum atomic E-state index is 12.4. The highest BCUT2D eigenvalue weighted by Gasteiger charge is 2.16. The van der Waals surface area contributed by atoms with Gasteiger partial charge >= 0.3 is 0 Å². The highest BCUT2D eigenvalue weighted by Crippen LogP contribution is 2.34. The third kappa shape index (κ3) is 4.40. The molecule has 0 saturated carbocycles. The van der Waals surface area contributed by atoms with E-state index in [0.29, 0.717) is 34.0 Å². The molecule has 32 heavy (non-hydrogen) atoms. The summed E-state index contributed by atoms with van der Waals surface area (Å²) in [7, 11) is 1.56. The summed E-state index contributed by atoms with van der Waals surface area (Å²) >= 11 is 5.27. The van der Waals surface area contributed by atoms with E-state index in [1.54, 1.807) is 43.5 Å². The molecule has 0 saturated heterocycles. The molecule has 1 heterocycles. The van der Waals surface area contributed by atoms with Gasteiger partial charge in [0.15, 0.2) is 10.7 Å². The number of aryl methyl sites for hydroxylation is 2. The van der Waals surface area contributed by atoms with Gasteiger partial charge in [0, 0.05) is 11.3 Å². The minimum atomic E-state index is -0.353. The van der Waals surface area contributed by atoms with Crippen molar-refractivity contribution in [1.82, 2.24) is 10.3 Å². The standard InChI is InChI=1S/C24H21N3O4S/c1-13-10-14(2)21-19(11-13)26-23(31-21)18-12-16(6-9-20(18)28)25-24(32)27-22(29)15-4-7-17(30-3)8-5-15/h4-12,28H,1-3H3,(H2,25,27,29,32). The predicted octanol–water partition coefficient (Wildman–Crippen LogP) is 4.95. The average molecular weight is 448 g/mol. The van der Waals surface area contributed by atoms with Crippen LogP contribution in [0.15, 0.2) is 59.0 Å². The molecule has 0 aliphatic carbocycles. The largest absolute Gasteiger partial charge is 0.507 e. The lowest BCUT2D eigenvalue weighted by Crippen LogP contribution is -2.34. The Bertz CT molecular complexity index is 1330. The normalized spacial score (nSPS) is 10.7. The van der Waals surface area contributed by atoms with Crippen LogP contribution in [0.25, 0.3) is 22.6 Å². The van der Waals surface area contributed by atoms with Crippen molar-refractivity contribution < 1.29 is 19.1 Å². The van der Waals surface area contributed by atoms with Gasteiger partial charge in [-0.2, -0.15) is 0 Å². The molecule has 4 aromatic rings. The number of oxazole rings is 1. The Balaban J connectivity index is 1.53. The number of methoxy groups -OCH3 is 1. The van der Waals surface area contributed by atoms with Crippen molar-refractivity contribution in [2.75, 3.05) is 12.4 Å². The van der Waals surface area contributed by atoms with Crippen molar-refractivity contribution in [3.05, 3.63) is 71.3 Å². The second kappa shape index (κ2) is 8.68. The summed E-state index contributed by atoms with van der Waals surface area (Å²) in [5.41, 5.74) is 4.85. The number of aromatic nitrogens is 1. The van der Waals surface area contributed by atoms with Crippen LogP contribution in [0.2, 0.25) is 0 Å². The van der Waals surface area contributed by atoms with Gasteiger partial charge in [0.25, 0.3) is 5.91 Å². The third-order valence-electron chi connectivity index (χ3n) is 4.88. The topological polar surface area (TPSA) is 96.6 Å². The first-order chi connectivity index (χ1) is 15.3. The number of phenolic OH excluding ortho intramolecular Hbond substituents is 1. The van der Waals surface area contributed by atoms with Gasteiger partial charge in [0.05, 0.1) is 12.7 Å². The summed E-state index contributed by atoms with van der Waals surface area (Å²) in [5, 5.41) is 16.1. The number of aromatic hydroxyl groups is 1. The Kier molecular flexibility index (Phi) is 5.79. The Morgan fingerprint density at radius 3 is 2.56 bits per heavy atom. The fourth-order valence-corrected chi connectivity index (χ4v) is 3.57. The number of benzene rings is 3. The lowest BCUT2D eigenvalue weighted by molar-refractivity contribution is 0.0977. The van der Waals surface area contributed by atoms with E-state index in [-0.39, 0.29) is 16.8 Å².